The molecule has 1 N–H and O–H groups in total. The van der Waals surface area contributed by atoms with Gasteiger partial charge in [-0.25, -0.2) is 4.98 Å². The van der Waals surface area contributed by atoms with Crippen molar-refractivity contribution in [3.63, 3.8) is 0 Å². The molecule has 2 aliphatic rings. The second-order valence-corrected chi connectivity index (χ2v) is 4.76. The molecule has 3 heterocycles. The number of nitrogens with zero attached hydrogens (tertiary/aromatic N) is 2. The molecule has 4 rings (SSSR count). The number of fused-ring (bicyclic) bond motifs is 3. The second kappa shape index (κ2) is 3.71. The summed E-state index contributed by atoms with van der Waals surface area (Å²) in [6, 6.07) is 3.49. The van der Waals surface area contributed by atoms with Gasteiger partial charge in [-0.1, -0.05) is 0 Å². The van der Waals surface area contributed by atoms with E-state index in [1.54, 1.807) is 19.1 Å². The van der Waals surface area contributed by atoms with Crippen molar-refractivity contribution < 1.29 is 19.3 Å². The molecular formula is C13H12N2O4. The third kappa shape index (κ3) is 1.60. The number of benzene rings is 1. The lowest BCUT2D eigenvalue weighted by atomic mass is 10.1. The fourth-order valence-electron chi connectivity index (χ4n) is 2.48. The quantitative estimate of drug-likeness (QED) is 0.766. The minimum absolute atomic E-state index is 0.0429. The Balaban J connectivity index is 1.89. The first kappa shape index (κ1) is 10.8. The van der Waals surface area contributed by atoms with E-state index < -0.39 is 0 Å². The standard InChI is InChI=1S/C13H12N2O4/c1-6-14-8-3-10-9(2-7(8)13(16)15-6)18-11-4-17-5-12(11)19-10/h2-3,11-12H,4-5H2,1H3,(H,14,15,16). The van der Waals surface area contributed by atoms with Crippen LogP contribution in [-0.2, 0) is 4.74 Å². The predicted molar refractivity (Wildman–Crippen MR) is 65.6 cm³/mol. The van der Waals surface area contributed by atoms with Crippen molar-refractivity contribution >= 4 is 10.9 Å². The molecule has 19 heavy (non-hydrogen) atoms. The Hall–Kier alpha value is -2.08. The van der Waals surface area contributed by atoms with E-state index in [1.165, 1.54) is 0 Å². The molecular weight excluding hydrogens is 248 g/mol. The molecule has 2 aromatic rings. The van der Waals surface area contributed by atoms with Gasteiger partial charge in [0.25, 0.3) is 0 Å². The van der Waals surface area contributed by atoms with Crippen LogP contribution in [0.15, 0.2) is 12.1 Å². The smallest absolute Gasteiger partial charge is 0.222 e. The lowest BCUT2D eigenvalue weighted by Gasteiger charge is -2.28. The Morgan fingerprint density at radius 3 is 2.53 bits per heavy atom. The summed E-state index contributed by atoms with van der Waals surface area (Å²) in [5.41, 5.74) is 0.643. The summed E-state index contributed by atoms with van der Waals surface area (Å²) >= 11 is 0. The van der Waals surface area contributed by atoms with Crippen molar-refractivity contribution in [1.82, 2.24) is 9.97 Å². The van der Waals surface area contributed by atoms with E-state index in [4.69, 9.17) is 14.2 Å². The average Bonchev–Trinajstić information content (AvgIpc) is 2.81. The van der Waals surface area contributed by atoms with Gasteiger partial charge in [0.2, 0.25) is 5.88 Å². The molecule has 6 heteroatoms. The monoisotopic (exact) mass is 260 g/mol. The van der Waals surface area contributed by atoms with E-state index in [9.17, 15) is 5.11 Å². The van der Waals surface area contributed by atoms with Crippen molar-refractivity contribution in [2.24, 2.45) is 0 Å². The summed E-state index contributed by atoms with van der Waals surface area (Å²) in [6.45, 7) is 2.80. The highest BCUT2D eigenvalue weighted by atomic mass is 16.6. The molecule has 1 saturated heterocycles. The molecule has 0 amide bonds. The molecule has 0 saturated carbocycles. The van der Waals surface area contributed by atoms with Gasteiger partial charge in [0, 0.05) is 6.07 Å². The zero-order chi connectivity index (χ0) is 13.0. The molecule has 2 aliphatic heterocycles. The second-order valence-electron chi connectivity index (χ2n) is 4.76. The van der Waals surface area contributed by atoms with Gasteiger partial charge < -0.3 is 19.3 Å². The van der Waals surface area contributed by atoms with Crippen molar-refractivity contribution in [2.75, 3.05) is 13.2 Å². The molecule has 2 atom stereocenters. The van der Waals surface area contributed by atoms with E-state index in [-0.39, 0.29) is 18.1 Å². The molecule has 0 spiro atoms. The summed E-state index contributed by atoms with van der Waals surface area (Å²) in [5, 5.41) is 10.4. The summed E-state index contributed by atoms with van der Waals surface area (Å²) in [7, 11) is 0. The Kier molecular flexibility index (Phi) is 2.11. The van der Waals surface area contributed by atoms with Gasteiger partial charge in [-0.05, 0) is 13.0 Å². The fourth-order valence-corrected chi connectivity index (χ4v) is 2.48. The summed E-state index contributed by atoms with van der Waals surface area (Å²) in [6.07, 6.45) is -0.153. The van der Waals surface area contributed by atoms with Crippen LogP contribution in [0.1, 0.15) is 5.82 Å². The van der Waals surface area contributed by atoms with Crippen LogP contribution in [0.25, 0.3) is 10.9 Å². The maximum Gasteiger partial charge on any atom is 0.222 e. The number of hydrogen-bond acceptors (Lipinski definition) is 6. The molecule has 1 aromatic carbocycles. The van der Waals surface area contributed by atoms with Gasteiger partial charge >= 0.3 is 0 Å². The van der Waals surface area contributed by atoms with Crippen LogP contribution in [0.5, 0.6) is 17.4 Å². The number of hydrogen-bond donors (Lipinski definition) is 1. The van der Waals surface area contributed by atoms with Gasteiger partial charge in [0.15, 0.2) is 23.7 Å². The minimum Gasteiger partial charge on any atom is -0.493 e. The van der Waals surface area contributed by atoms with E-state index in [0.29, 0.717) is 41.4 Å². The maximum absolute atomic E-state index is 9.87. The lowest BCUT2D eigenvalue weighted by Crippen LogP contribution is -2.38. The van der Waals surface area contributed by atoms with Crippen LogP contribution < -0.4 is 9.47 Å². The highest BCUT2D eigenvalue weighted by Crippen LogP contribution is 2.40. The van der Waals surface area contributed by atoms with Crippen LogP contribution in [0.4, 0.5) is 0 Å². The van der Waals surface area contributed by atoms with Gasteiger partial charge in [-0.3, -0.25) is 0 Å². The van der Waals surface area contributed by atoms with E-state index in [2.05, 4.69) is 9.97 Å². The molecule has 98 valence electrons. The SMILES string of the molecule is Cc1nc(O)c2cc3c(cc2n1)OC1COCC1O3. The number of aromatic hydroxyl groups is 1. The number of aromatic nitrogens is 2. The largest absolute Gasteiger partial charge is 0.493 e. The van der Waals surface area contributed by atoms with Gasteiger partial charge in [0.1, 0.15) is 5.82 Å². The minimum atomic E-state index is -0.0848. The van der Waals surface area contributed by atoms with Crippen LogP contribution in [0.3, 0.4) is 0 Å². The van der Waals surface area contributed by atoms with Crippen molar-refractivity contribution in [1.29, 1.82) is 0 Å². The normalized spacial score (nSPS) is 24.5. The van der Waals surface area contributed by atoms with E-state index in [1.807, 2.05) is 0 Å². The summed E-state index contributed by atoms with van der Waals surface area (Å²) in [5.74, 6) is 1.71. The first-order valence-electron chi connectivity index (χ1n) is 6.13. The number of ether oxygens (including phenoxy) is 3. The predicted octanol–water partition coefficient (Wildman–Crippen LogP) is 1.18. The van der Waals surface area contributed by atoms with E-state index >= 15 is 0 Å². The van der Waals surface area contributed by atoms with Crippen LogP contribution in [0, 0.1) is 6.92 Å². The highest BCUT2D eigenvalue weighted by molar-refractivity contribution is 5.86. The molecule has 6 nitrogen and oxygen atoms in total. The van der Waals surface area contributed by atoms with Crippen LogP contribution in [-0.4, -0.2) is 40.5 Å². The third-order valence-electron chi connectivity index (χ3n) is 3.39. The average molecular weight is 260 g/mol. The first-order chi connectivity index (χ1) is 9.20. The number of rotatable bonds is 0. The zero-order valence-corrected chi connectivity index (χ0v) is 10.3. The van der Waals surface area contributed by atoms with Crippen molar-refractivity contribution in [2.45, 2.75) is 19.1 Å². The Morgan fingerprint density at radius 2 is 1.79 bits per heavy atom. The van der Waals surface area contributed by atoms with Crippen molar-refractivity contribution in [3.8, 4) is 17.4 Å². The first-order valence-corrected chi connectivity index (χ1v) is 6.13. The molecule has 2 unspecified atom stereocenters. The van der Waals surface area contributed by atoms with Gasteiger partial charge in [-0.2, -0.15) is 4.98 Å². The van der Waals surface area contributed by atoms with Gasteiger partial charge in [0.05, 0.1) is 24.1 Å². The molecule has 1 fully saturated rings. The topological polar surface area (TPSA) is 73.7 Å². The van der Waals surface area contributed by atoms with Gasteiger partial charge in [-0.15, -0.1) is 0 Å². The van der Waals surface area contributed by atoms with Crippen LogP contribution >= 0.6 is 0 Å². The highest BCUT2D eigenvalue weighted by Gasteiger charge is 2.37. The molecule has 0 radical (unpaired) electrons. The summed E-state index contributed by atoms with van der Waals surface area (Å²) < 4.78 is 17.0. The Morgan fingerprint density at radius 1 is 1.11 bits per heavy atom. The van der Waals surface area contributed by atoms with Crippen LogP contribution in [0.2, 0.25) is 0 Å². The lowest BCUT2D eigenvalue weighted by molar-refractivity contribution is 0.0555. The molecule has 0 bridgehead atoms. The summed E-state index contributed by atoms with van der Waals surface area (Å²) in [4.78, 5) is 8.23. The fraction of sp³-hybridized carbons (Fsp3) is 0.385. The maximum atomic E-state index is 9.87. The molecule has 0 aliphatic carbocycles. The third-order valence-corrected chi connectivity index (χ3v) is 3.39. The Bertz CT molecular complexity index is 673. The Labute approximate surface area is 109 Å². The number of aryl methyl sites for hydroxylation is 1. The van der Waals surface area contributed by atoms with E-state index in [0.717, 1.165) is 0 Å². The van der Waals surface area contributed by atoms with Crippen molar-refractivity contribution in [3.05, 3.63) is 18.0 Å². The molecule has 1 aromatic heterocycles. The zero-order valence-electron chi connectivity index (χ0n) is 10.3.